The van der Waals surface area contributed by atoms with Crippen molar-refractivity contribution in [3.63, 3.8) is 0 Å². The van der Waals surface area contributed by atoms with Crippen molar-refractivity contribution < 1.29 is 4.39 Å². The summed E-state index contributed by atoms with van der Waals surface area (Å²) in [6.45, 7) is 1.15. The van der Waals surface area contributed by atoms with E-state index in [0.717, 1.165) is 18.5 Å². The van der Waals surface area contributed by atoms with Crippen LogP contribution in [0.3, 0.4) is 0 Å². The summed E-state index contributed by atoms with van der Waals surface area (Å²) in [6.07, 6.45) is 2.54. The molecule has 3 atom stereocenters. The van der Waals surface area contributed by atoms with Gasteiger partial charge in [0.15, 0.2) is 0 Å². The van der Waals surface area contributed by atoms with Gasteiger partial charge in [0.1, 0.15) is 5.82 Å². The number of halogens is 1. The SMILES string of the molecule is Fc1ccc([C@@H]2C[C@H]3C[C@@H]2CN3)cc1. The van der Waals surface area contributed by atoms with E-state index in [4.69, 9.17) is 0 Å². The molecule has 2 bridgehead atoms. The van der Waals surface area contributed by atoms with E-state index in [1.54, 1.807) is 12.1 Å². The van der Waals surface area contributed by atoms with Crippen LogP contribution in [0, 0.1) is 11.7 Å². The molecule has 2 heteroatoms. The summed E-state index contributed by atoms with van der Waals surface area (Å²) in [7, 11) is 0. The number of nitrogens with one attached hydrogen (secondary N) is 1. The maximum absolute atomic E-state index is 12.7. The highest BCUT2D eigenvalue weighted by Crippen LogP contribution is 2.43. The predicted octanol–water partition coefficient (Wildman–Crippen LogP) is 2.29. The zero-order valence-corrected chi connectivity index (χ0v) is 8.04. The van der Waals surface area contributed by atoms with Crippen LogP contribution in [0.5, 0.6) is 0 Å². The smallest absolute Gasteiger partial charge is 0.123 e. The molecule has 2 fully saturated rings. The normalized spacial score (nSPS) is 35.1. The second-order valence-corrected chi connectivity index (χ2v) is 4.49. The molecule has 0 radical (unpaired) electrons. The predicted molar refractivity (Wildman–Crippen MR) is 53.7 cm³/mol. The van der Waals surface area contributed by atoms with Gasteiger partial charge in [-0.25, -0.2) is 4.39 Å². The molecule has 0 unspecified atom stereocenters. The van der Waals surface area contributed by atoms with Crippen LogP contribution in [0.1, 0.15) is 24.3 Å². The molecule has 0 spiro atoms. The Hall–Kier alpha value is -0.890. The van der Waals surface area contributed by atoms with Gasteiger partial charge < -0.3 is 5.32 Å². The molecule has 1 heterocycles. The first kappa shape index (κ1) is 8.42. The van der Waals surface area contributed by atoms with Crippen molar-refractivity contribution in [2.45, 2.75) is 24.8 Å². The minimum atomic E-state index is -0.130. The molecule has 0 amide bonds. The van der Waals surface area contributed by atoms with Gasteiger partial charge in [0.25, 0.3) is 0 Å². The second-order valence-electron chi connectivity index (χ2n) is 4.49. The Balaban J connectivity index is 1.86. The van der Waals surface area contributed by atoms with E-state index in [0.29, 0.717) is 5.92 Å². The third-order valence-electron chi connectivity index (χ3n) is 3.66. The molecule has 3 rings (SSSR count). The standard InChI is InChI=1S/C12H14FN/c13-10-3-1-8(2-4-10)12-6-11-5-9(12)7-14-11/h1-4,9,11-12,14H,5-7H2/t9-,11-,12+/m1/s1. The van der Waals surface area contributed by atoms with Crippen molar-refractivity contribution >= 4 is 0 Å². The van der Waals surface area contributed by atoms with Crippen LogP contribution in [0.4, 0.5) is 4.39 Å². The van der Waals surface area contributed by atoms with Crippen LogP contribution in [-0.4, -0.2) is 12.6 Å². The Bertz CT molecular complexity index is 333. The number of hydrogen-bond acceptors (Lipinski definition) is 1. The summed E-state index contributed by atoms with van der Waals surface area (Å²) < 4.78 is 12.7. The van der Waals surface area contributed by atoms with E-state index in [2.05, 4.69) is 5.32 Å². The number of fused-ring (bicyclic) bond motifs is 2. The van der Waals surface area contributed by atoms with Gasteiger partial charge in [-0.15, -0.1) is 0 Å². The number of benzene rings is 1. The van der Waals surface area contributed by atoms with Gasteiger partial charge in [-0.2, -0.15) is 0 Å². The largest absolute Gasteiger partial charge is 0.314 e. The lowest BCUT2D eigenvalue weighted by Gasteiger charge is -2.22. The molecule has 1 aromatic carbocycles. The first-order chi connectivity index (χ1) is 6.83. The van der Waals surface area contributed by atoms with Crippen molar-refractivity contribution in [3.8, 4) is 0 Å². The van der Waals surface area contributed by atoms with Crippen molar-refractivity contribution in [1.82, 2.24) is 5.32 Å². The molecular formula is C12H14FN. The van der Waals surface area contributed by atoms with Crippen LogP contribution in [0.15, 0.2) is 24.3 Å². The van der Waals surface area contributed by atoms with Crippen molar-refractivity contribution in [2.24, 2.45) is 5.92 Å². The van der Waals surface area contributed by atoms with Gasteiger partial charge in [0.05, 0.1) is 0 Å². The summed E-state index contributed by atoms with van der Waals surface area (Å²) in [5, 5.41) is 3.49. The van der Waals surface area contributed by atoms with Crippen LogP contribution in [0.25, 0.3) is 0 Å². The maximum atomic E-state index is 12.7. The Labute approximate surface area is 83.3 Å². The van der Waals surface area contributed by atoms with Crippen molar-refractivity contribution in [2.75, 3.05) is 6.54 Å². The van der Waals surface area contributed by atoms with Crippen LogP contribution < -0.4 is 5.32 Å². The van der Waals surface area contributed by atoms with E-state index < -0.39 is 0 Å². The van der Waals surface area contributed by atoms with Gasteiger partial charge in [-0.1, -0.05) is 12.1 Å². The fourth-order valence-corrected chi connectivity index (χ4v) is 2.95. The fraction of sp³-hybridized carbons (Fsp3) is 0.500. The number of hydrogen-bond donors (Lipinski definition) is 1. The van der Waals surface area contributed by atoms with Crippen molar-refractivity contribution in [1.29, 1.82) is 0 Å². The average molecular weight is 191 g/mol. The molecule has 1 aliphatic carbocycles. The quantitative estimate of drug-likeness (QED) is 0.718. The van der Waals surface area contributed by atoms with Gasteiger partial charge in [0, 0.05) is 6.04 Å². The van der Waals surface area contributed by atoms with Gasteiger partial charge >= 0.3 is 0 Å². The summed E-state index contributed by atoms with van der Waals surface area (Å²) in [5.74, 6) is 1.32. The minimum absolute atomic E-state index is 0.130. The van der Waals surface area contributed by atoms with E-state index in [-0.39, 0.29) is 5.82 Å². The summed E-state index contributed by atoms with van der Waals surface area (Å²) in [5.41, 5.74) is 1.32. The van der Waals surface area contributed by atoms with Crippen LogP contribution in [0.2, 0.25) is 0 Å². The molecule has 1 aromatic rings. The van der Waals surface area contributed by atoms with Gasteiger partial charge in [-0.05, 0) is 48.9 Å². The zero-order valence-electron chi connectivity index (χ0n) is 8.04. The summed E-state index contributed by atoms with van der Waals surface area (Å²) in [4.78, 5) is 0. The highest BCUT2D eigenvalue weighted by molar-refractivity contribution is 5.24. The third kappa shape index (κ3) is 1.25. The fourth-order valence-electron chi connectivity index (χ4n) is 2.95. The lowest BCUT2D eigenvalue weighted by atomic mass is 9.88. The first-order valence-corrected chi connectivity index (χ1v) is 5.32. The summed E-state index contributed by atoms with van der Waals surface area (Å²) >= 11 is 0. The molecule has 1 aliphatic heterocycles. The van der Waals surface area contributed by atoms with Crippen LogP contribution >= 0.6 is 0 Å². The van der Waals surface area contributed by atoms with Crippen LogP contribution in [-0.2, 0) is 0 Å². The molecule has 0 aromatic heterocycles. The molecule has 1 N–H and O–H groups in total. The Morgan fingerprint density at radius 2 is 1.93 bits per heavy atom. The lowest BCUT2D eigenvalue weighted by molar-refractivity contribution is 0.440. The van der Waals surface area contributed by atoms with E-state index in [1.165, 1.54) is 18.4 Å². The van der Waals surface area contributed by atoms with Crippen molar-refractivity contribution in [3.05, 3.63) is 35.6 Å². The topological polar surface area (TPSA) is 12.0 Å². The Morgan fingerprint density at radius 3 is 2.50 bits per heavy atom. The molecule has 74 valence electrons. The third-order valence-corrected chi connectivity index (χ3v) is 3.66. The summed E-state index contributed by atoms with van der Waals surface area (Å²) in [6, 6.07) is 7.76. The second kappa shape index (κ2) is 3.06. The van der Waals surface area contributed by atoms with Gasteiger partial charge in [-0.3, -0.25) is 0 Å². The average Bonchev–Trinajstić information content (AvgIpc) is 2.80. The molecule has 1 nitrogen and oxygen atoms in total. The zero-order chi connectivity index (χ0) is 9.54. The number of piperidine rings is 1. The van der Waals surface area contributed by atoms with E-state index in [1.807, 2.05) is 12.1 Å². The molecule has 14 heavy (non-hydrogen) atoms. The lowest BCUT2D eigenvalue weighted by Crippen LogP contribution is -2.28. The molecule has 1 saturated carbocycles. The highest BCUT2D eigenvalue weighted by Gasteiger charge is 2.39. The Kier molecular flexibility index (Phi) is 1.84. The van der Waals surface area contributed by atoms with E-state index >= 15 is 0 Å². The van der Waals surface area contributed by atoms with E-state index in [9.17, 15) is 4.39 Å². The molecule has 1 saturated heterocycles. The molecule has 2 aliphatic rings. The Morgan fingerprint density at radius 1 is 1.14 bits per heavy atom. The monoisotopic (exact) mass is 191 g/mol. The molecular weight excluding hydrogens is 177 g/mol. The minimum Gasteiger partial charge on any atom is -0.314 e. The number of rotatable bonds is 1. The van der Waals surface area contributed by atoms with Gasteiger partial charge in [0.2, 0.25) is 0 Å². The highest BCUT2D eigenvalue weighted by atomic mass is 19.1. The maximum Gasteiger partial charge on any atom is 0.123 e. The first-order valence-electron chi connectivity index (χ1n) is 5.32.